The van der Waals surface area contributed by atoms with Crippen molar-refractivity contribution in [1.29, 1.82) is 0 Å². The van der Waals surface area contributed by atoms with Gasteiger partial charge in [0.1, 0.15) is 11.6 Å². The normalized spacial score (nSPS) is 14.7. The van der Waals surface area contributed by atoms with Gasteiger partial charge in [0.25, 0.3) is 0 Å². The number of pyridine rings is 1. The van der Waals surface area contributed by atoms with E-state index in [1.54, 1.807) is 24.4 Å². The summed E-state index contributed by atoms with van der Waals surface area (Å²) >= 11 is 0. The Bertz CT molecular complexity index is 1320. The van der Waals surface area contributed by atoms with Gasteiger partial charge in [0, 0.05) is 24.2 Å². The van der Waals surface area contributed by atoms with Crippen molar-refractivity contribution in [2.45, 2.75) is 51.7 Å². The van der Waals surface area contributed by atoms with Crippen molar-refractivity contribution in [2.24, 2.45) is 5.92 Å². The minimum atomic E-state index is -2.88. The first kappa shape index (κ1) is 22.3. The number of fused-ring (bicyclic) bond motifs is 1. The molecule has 0 atom stereocenters. The Balaban J connectivity index is 1.58. The second-order valence-corrected chi connectivity index (χ2v) is 8.95. The fourth-order valence-corrected chi connectivity index (χ4v) is 4.94. The van der Waals surface area contributed by atoms with Crippen molar-refractivity contribution in [3.63, 3.8) is 0 Å². The summed E-state index contributed by atoms with van der Waals surface area (Å²) in [5.41, 5.74) is 4.17. The lowest BCUT2D eigenvalue weighted by Gasteiger charge is -2.22. The minimum Gasteiger partial charge on any atom is -0.434 e. The van der Waals surface area contributed by atoms with Gasteiger partial charge in [-0.1, -0.05) is 56.4 Å². The van der Waals surface area contributed by atoms with Gasteiger partial charge in [0.2, 0.25) is 5.56 Å². The number of alkyl halides is 2. The van der Waals surface area contributed by atoms with Crippen molar-refractivity contribution in [1.82, 2.24) is 14.5 Å². The molecule has 1 aliphatic carbocycles. The molecule has 0 aliphatic heterocycles. The Labute approximate surface area is 196 Å². The average molecular weight is 464 g/mol. The number of halogens is 2. The summed E-state index contributed by atoms with van der Waals surface area (Å²) in [6, 6.07) is 16.2. The van der Waals surface area contributed by atoms with Crippen LogP contribution in [-0.2, 0) is 13.0 Å². The smallest absolute Gasteiger partial charge is 0.387 e. The highest BCUT2D eigenvalue weighted by molar-refractivity contribution is 5.82. The van der Waals surface area contributed by atoms with Gasteiger partial charge in [0.05, 0.1) is 17.6 Å². The van der Waals surface area contributed by atoms with Crippen molar-refractivity contribution in [2.75, 3.05) is 0 Å². The lowest BCUT2D eigenvalue weighted by atomic mass is 9.87. The van der Waals surface area contributed by atoms with Gasteiger partial charge in [-0.25, -0.2) is 4.98 Å². The lowest BCUT2D eigenvalue weighted by molar-refractivity contribution is -0.0504. The quantitative estimate of drug-likeness (QED) is 0.357. The number of para-hydroxylation sites is 1. The highest BCUT2D eigenvalue weighted by Crippen LogP contribution is 2.31. The molecular formula is C27H27F2N3O2. The number of rotatable bonds is 7. The molecule has 1 fully saturated rings. The van der Waals surface area contributed by atoms with Crippen LogP contribution in [0.4, 0.5) is 8.78 Å². The van der Waals surface area contributed by atoms with E-state index < -0.39 is 6.61 Å². The molecule has 0 saturated heterocycles. The number of imidazole rings is 1. The Morgan fingerprint density at radius 3 is 2.59 bits per heavy atom. The second-order valence-electron chi connectivity index (χ2n) is 8.95. The molecule has 5 nitrogen and oxygen atoms in total. The van der Waals surface area contributed by atoms with Gasteiger partial charge < -0.3 is 14.3 Å². The van der Waals surface area contributed by atoms with Crippen LogP contribution in [0.25, 0.3) is 22.2 Å². The summed E-state index contributed by atoms with van der Waals surface area (Å²) in [5, 5.41) is 0. The zero-order valence-corrected chi connectivity index (χ0v) is 18.8. The Morgan fingerprint density at radius 2 is 1.82 bits per heavy atom. The van der Waals surface area contributed by atoms with E-state index in [0.29, 0.717) is 18.0 Å². The maximum absolute atomic E-state index is 13.0. The summed E-state index contributed by atoms with van der Waals surface area (Å²) in [4.78, 5) is 19.2. The number of benzene rings is 2. The van der Waals surface area contributed by atoms with E-state index in [9.17, 15) is 13.6 Å². The summed E-state index contributed by atoms with van der Waals surface area (Å²) < 4.78 is 33.0. The van der Waals surface area contributed by atoms with Crippen molar-refractivity contribution in [3.05, 3.63) is 82.5 Å². The molecular weight excluding hydrogens is 436 g/mol. The molecule has 2 aromatic heterocycles. The number of hydrogen-bond acceptors (Lipinski definition) is 3. The number of ether oxygens (including phenoxy) is 1. The summed E-state index contributed by atoms with van der Waals surface area (Å²) in [6.45, 7) is -2.49. The van der Waals surface area contributed by atoms with E-state index in [1.165, 1.54) is 38.2 Å². The molecule has 34 heavy (non-hydrogen) atoms. The average Bonchev–Trinajstić information content (AvgIpc) is 3.17. The van der Waals surface area contributed by atoms with Crippen LogP contribution in [0.5, 0.6) is 5.75 Å². The van der Waals surface area contributed by atoms with Crippen LogP contribution in [0.3, 0.4) is 0 Å². The predicted molar refractivity (Wildman–Crippen MR) is 128 cm³/mol. The van der Waals surface area contributed by atoms with E-state index in [4.69, 9.17) is 9.72 Å². The van der Waals surface area contributed by atoms with E-state index in [2.05, 4.69) is 15.6 Å². The SMILES string of the molecule is O=c1ccc(-c2ccc3nc(CC4CCCCC4)n(Cc4ccccc4OC(F)F)c3c2)c[nH]1. The summed E-state index contributed by atoms with van der Waals surface area (Å²) in [6.07, 6.45) is 8.71. The third-order valence-electron chi connectivity index (χ3n) is 6.66. The minimum absolute atomic E-state index is 0.153. The van der Waals surface area contributed by atoms with E-state index >= 15 is 0 Å². The molecule has 1 saturated carbocycles. The van der Waals surface area contributed by atoms with Gasteiger partial charge in [0.15, 0.2) is 0 Å². The van der Waals surface area contributed by atoms with Crippen LogP contribution in [0.2, 0.25) is 0 Å². The first-order chi connectivity index (χ1) is 16.6. The predicted octanol–water partition coefficient (Wildman–Crippen LogP) is 6.16. The maximum atomic E-state index is 13.0. The molecule has 0 radical (unpaired) electrons. The zero-order valence-electron chi connectivity index (χ0n) is 18.8. The summed E-state index contributed by atoms with van der Waals surface area (Å²) in [7, 11) is 0. The topological polar surface area (TPSA) is 59.9 Å². The van der Waals surface area contributed by atoms with E-state index in [-0.39, 0.29) is 11.3 Å². The van der Waals surface area contributed by atoms with Crippen LogP contribution >= 0.6 is 0 Å². The molecule has 0 spiro atoms. The molecule has 1 N–H and O–H groups in total. The molecule has 5 rings (SSSR count). The fraction of sp³-hybridized carbons (Fsp3) is 0.333. The Kier molecular flexibility index (Phi) is 6.43. The number of nitrogens with one attached hydrogen (secondary N) is 1. The Morgan fingerprint density at radius 1 is 1.03 bits per heavy atom. The molecule has 0 unspecified atom stereocenters. The van der Waals surface area contributed by atoms with E-state index in [1.807, 2.05) is 24.3 Å². The van der Waals surface area contributed by atoms with E-state index in [0.717, 1.165) is 34.4 Å². The highest BCUT2D eigenvalue weighted by atomic mass is 19.3. The van der Waals surface area contributed by atoms with Crippen molar-refractivity contribution >= 4 is 11.0 Å². The molecule has 1 aliphatic rings. The second kappa shape index (κ2) is 9.79. The van der Waals surface area contributed by atoms with Crippen molar-refractivity contribution in [3.8, 4) is 16.9 Å². The number of hydrogen-bond donors (Lipinski definition) is 1. The van der Waals surface area contributed by atoms with Crippen LogP contribution in [-0.4, -0.2) is 21.1 Å². The van der Waals surface area contributed by atoms with Gasteiger partial charge >= 0.3 is 6.61 Å². The lowest BCUT2D eigenvalue weighted by Crippen LogP contribution is -2.14. The summed E-state index contributed by atoms with van der Waals surface area (Å²) in [5.74, 6) is 1.72. The highest BCUT2D eigenvalue weighted by Gasteiger charge is 2.20. The molecule has 2 heterocycles. The number of H-pyrrole nitrogens is 1. The van der Waals surface area contributed by atoms with Crippen LogP contribution in [0.1, 0.15) is 43.5 Å². The Hall–Kier alpha value is -3.48. The van der Waals surface area contributed by atoms with Crippen LogP contribution in [0.15, 0.2) is 65.6 Å². The van der Waals surface area contributed by atoms with Crippen LogP contribution < -0.4 is 10.3 Å². The zero-order chi connectivity index (χ0) is 23.5. The number of aromatic amines is 1. The van der Waals surface area contributed by atoms with Crippen LogP contribution in [0, 0.1) is 5.92 Å². The molecule has 0 bridgehead atoms. The first-order valence-corrected chi connectivity index (χ1v) is 11.8. The third kappa shape index (κ3) is 4.88. The first-order valence-electron chi connectivity index (χ1n) is 11.8. The van der Waals surface area contributed by atoms with Gasteiger partial charge in [-0.15, -0.1) is 0 Å². The standard InChI is InChI=1S/C27H27F2N3O2/c28-27(29)34-24-9-5-4-8-21(24)17-32-23-15-19(20-11-13-26(33)30-16-20)10-12-22(23)31-25(32)14-18-6-2-1-3-7-18/h4-5,8-13,15-16,18,27H,1-3,6-7,14,17H2,(H,30,33). The molecule has 0 amide bonds. The largest absolute Gasteiger partial charge is 0.434 e. The fourth-order valence-electron chi connectivity index (χ4n) is 4.94. The number of nitrogens with zero attached hydrogens (tertiary/aromatic N) is 2. The molecule has 7 heteroatoms. The van der Waals surface area contributed by atoms with Crippen molar-refractivity contribution < 1.29 is 13.5 Å². The third-order valence-corrected chi connectivity index (χ3v) is 6.66. The van der Waals surface area contributed by atoms with Gasteiger partial charge in [-0.3, -0.25) is 4.79 Å². The van der Waals surface area contributed by atoms with Gasteiger partial charge in [-0.05, 0) is 41.3 Å². The molecule has 4 aromatic rings. The van der Waals surface area contributed by atoms with Gasteiger partial charge in [-0.2, -0.15) is 8.78 Å². The monoisotopic (exact) mass is 463 g/mol. The molecule has 2 aromatic carbocycles. The molecule has 176 valence electrons. The maximum Gasteiger partial charge on any atom is 0.387 e. The number of aromatic nitrogens is 3.